The summed E-state index contributed by atoms with van der Waals surface area (Å²) < 4.78 is 2.33. The standard InChI is InChI=1S/C25H32N2/c1-2-3-4-5-12-17-25(27-19-18-26-21-27)24(23-15-10-7-11-16-23)20-22-13-8-6-9-14-22/h6-11,13-16,18-19,21,24-25H,2-5,12,17,20H2,1H3. The van der Waals surface area contributed by atoms with E-state index >= 15 is 0 Å². The zero-order valence-electron chi connectivity index (χ0n) is 16.5. The van der Waals surface area contributed by atoms with Gasteiger partial charge in [0.15, 0.2) is 0 Å². The molecule has 2 aromatic carbocycles. The molecule has 0 aliphatic rings. The molecule has 2 unspecified atom stereocenters. The van der Waals surface area contributed by atoms with Gasteiger partial charge in [0.1, 0.15) is 0 Å². The lowest BCUT2D eigenvalue weighted by Gasteiger charge is -2.29. The predicted octanol–water partition coefficient (Wildman–Crippen LogP) is 6.81. The number of nitrogens with zero attached hydrogens (tertiary/aromatic N) is 2. The normalized spacial score (nSPS) is 13.4. The molecule has 0 aliphatic carbocycles. The average Bonchev–Trinajstić information content (AvgIpc) is 3.25. The van der Waals surface area contributed by atoms with Crippen molar-refractivity contribution < 1.29 is 0 Å². The van der Waals surface area contributed by atoms with Crippen LogP contribution in [-0.2, 0) is 6.42 Å². The second-order valence-corrected chi connectivity index (χ2v) is 7.49. The molecule has 3 aromatic rings. The molecule has 0 spiro atoms. The summed E-state index contributed by atoms with van der Waals surface area (Å²) >= 11 is 0. The maximum atomic E-state index is 4.35. The van der Waals surface area contributed by atoms with Gasteiger partial charge in [0.25, 0.3) is 0 Å². The molecule has 142 valence electrons. The van der Waals surface area contributed by atoms with Gasteiger partial charge in [-0.15, -0.1) is 0 Å². The van der Waals surface area contributed by atoms with Crippen molar-refractivity contribution in [2.45, 2.75) is 63.8 Å². The zero-order valence-corrected chi connectivity index (χ0v) is 16.5. The van der Waals surface area contributed by atoms with E-state index in [1.807, 2.05) is 12.5 Å². The van der Waals surface area contributed by atoms with Crippen LogP contribution in [0.2, 0.25) is 0 Å². The van der Waals surface area contributed by atoms with Crippen molar-refractivity contribution in [3.63, 3.8) is 0 Å². The van der Waals surface area contributed by atoms with Crippen LogP contribution in [0, 0.1) is 0 Å². The maximum Gasteiger partial charge on any atom is 0.0948 e. The van der Waals surface area contributed by atoms with Gasteiger partial charge in [-0.2, -0.15) is 0 Å². The second-order valence-electron chi connectivity index (χ2n) is 7.49. The van der Waals surface area contributed by atoms with E-state index < -0.39 is 0 Å². The quantitative estimate of drug-likeness (QED) is 0.343. The monoisotopic (exact) mass is 360 g/mol. The van der Waals surface area contributed by atoms with E-state index in [4.69, 9.17) is 0 Å². The van der Waals surface area contributed by atoms with Crippen LogP contribution in [0.1, 0.15) is 68.5 Å². The van der Waals surface area contributed by atoms with Crippen molar-refractivity contribution in [2.75, 3.05) is 0 Å². The zero-order chi connectivity index (χ0) is 18.7. The minimum Gasteiger partial charge on any atom is -0.334 e. The van der Waals surface area contributed by atoms with Gasteiger partial charge in [0, 0.05) is 24.4 Å². The van der Waals surface area contributed by atoms with Gasteiger partial charge in [-0.05, 0) is 24.0 Å². The molecule has 27 heavy (non-hydrogen) atoms. The Morgan fingerprint density at radius 1 is 0.852 bits per heavy atom. The van der Waals surface area contributed by atoms with Crippen molar-refractivity contribution in [3.05, 3.63) is 90.5 Å². The van der Waals surface area contributed by atoms with Crippen LogP contribution in [0.5, 0.6) is 0 Å². The molecule has 0 saturated heterocycles. The first kappa shape index (κ1) is 19.4. The topological polar surface area (TPSA) is 17.8 Å². The summed E-state index contributed by atoms with van der Waals surface area (Å²) in [6.07, 6.45) is 14.9. The van der Waals surface area contributed by atoms with Crippen LogP contribution < -0.4 is 0 Å². The molecule has 0 bridgehead atoms. The predicted molar refractivity (Wildman–Crippen MR) is 114 cm³/mol. The minimum atomic E-state index is 0.441. The highest BCUT2D eigenvalue weighted by atomic mass is 15.1. The molecule has 0 N–H and O–H groups in total. The van der Waals surface area contributed by atoms with Gasteiger partial charge >= 0.3 is 0 Å². The number of hydrogen-bond donors (Lipinski definition) is 0. The van der Waals surface area contributed by atoms with E-state index in [0.717, 1.165) is 6.42 Å². The van der Waals surface area contributed by atoms with E-state index in [0.29, 0.717) is 12.0 Å². The molecule has 1 heterocycles. The highest BCUT2D eigenvalue weighted by molar-refractivity contribution is 5.25. The molecule has 0 fully saturated rings. The van der Waals surface area contributed by atoms with Gasteiger partial charge in [-0.3, -0.25) is 0 Å². The van der Waals surface area contributed by atoms with Gasteiger partial charge in [-0.25, -0.2) is 4.98 Å². The molecule has 3 rings (SSSR count). The largest absolute Gasteiger partial charge is 0.334 e. The molecule has 0 amide bonds. The molecule has 2 nitrogen and oxygen atoms in total. The molecule has 0 radical (unpaired) electrons. The summed E-state index contributed by atoms with van der Waals surface area (Å²) in [7, 11) is 0. The highest BCUT2D eigenvalue weighted by Gasteiger charge is 2.24. The molecule has 1 aromatic heterocycles. The first-order valence-electron chi connectivity index (χ1n) is 10.4. The third kappa shape index (κ3) is 5.82. The van der Waals surface area contributed by atoms with E-state index in [-0.39, 0.29) is 0 Å². The van der Waals surface area contributed by atoms with Crippen molar-refractivity contribution in [2.24, 2.45) is 0 Å². The Labute approximate surface area is 164 Å². The Morgan fingerprint density at radius 2 is 1.56 bits per heavy atom. The van der Waals surface area contributed by atoms with Crippen LogP contribution >= 0.6 is 0 Å². The number of aromatic nitrogens is 2. The summed E-state index contributed by atoms with van der Waals surface area (Å²) in [6.45, 7) is 2.28. The van der Waals surface area contributed by atoms with Crippen molar-refractivity contribution in [3.8, 4) is 0 Å². The number of unbranched alkanes of at least 4 members (excludes halogenated alkanes) is 4. The first-order valence-corrected chi connectivity index (χ1v) is 10.4. The fourth-order valence-electron chi connectivity index (χ4n) is 4.02. The lowest BCUT2D eigenvalue weighted by Crippen LogP contribution is -2.19. The fourth-order valence-corrected chi connectivity index (χ4v) is 4.02. The molecule has 0 aliphatic heterocycles. The van der Waals surface area contributed by atoms with Crippen LogP contribution in [-0.4, -0.2) is 9.55 Å². The molecular weight excluding hydrogens is 328 g/mol. The third-order valence-corrected chi connectivity index (χ3v) is 5.50. The van der Waals surface area contributed by atoms with E-state index in [1.165, 1.54) is 49.7 Å². The molecular formula is C25H32N2. The van der Waals surface area contributed by atoms with Gasteiger partial charge in [0.05, 0.1) is 6.33 Å². The summed E-state index contributed by atoms with van der Waals surface area (Å²) in [5.74, 6) is 0.453. The number of imidazole rings is 1. The van der Waals surface area contributed by atoms with Crippen molar-refractivity contribution in [1.82, 2.24) is 9.55 Å². The number of hydrogen-bond acceptors (Lipinski definition) is 1. The van der Waals surface area contributed by atoms with E-state index in [2.05, 4.69) is 83.3 Å². The first-order chi connectivity index (χ1) is 13.4. The Hall–Kier alpha value is -2.35. The molecule has 2 atom stereocenters. The fraction of sp³-hybridized carbons (Fsp3) is 0.400. The average molecular weight is 361 g/mol. The lowest BCUT2D eigenvalue weighted by atomic mass is 9.83. The van der Waals surface area contributed by atoms with E-state index in [1.54, 1.807) is 0 Å². The Kier molecular flexibility index (Phi) is 7.70. The number of benzene rings is 2. The Morgan fingerprint density at radius 3 is 2.22 bits per heavy atom. The van der Waals surface area contributed by atoms with Gasteiger partial charge < -0.3 is 4.57 Å². The SMILES string of the molecule is CCCCCCCC(C(Cc1ccccc1)c1ccccc1)n1ccnc1. The second kappa shape index (κ2) is 10.7. The Bertz CT molecular complexity index is 735. The molecule has 2 heteroatoms. The third-order valence-electron chi connectivity index (χ3n) is 5.50. The summed E-state index contributed by atoms with van der Waals surface area (Å²) in [6, 6.07) is 22.4. The van der Waals surface area contributed by atoms with Gasteiger partial charge in [-0.1, -0.05) is 99.7 Å². The van der Waals surface area contributed by atoms with Crippen LogP contribution in [0.15, 0.2) is 79.4 Å². The Balaban J connectivity index is 1.82. The van der Waals surface area contributed by atoms with Crippen molar-refractivity contribution in [1.29, 1.82) is 0 Å². The van der Waals surface area contributed by atoms with Crippen LogP contribution in [0.3, 0.4) is 0 Å². The number of rotatable bonds is 11. The summed E-state index contributed by atoms with van der Waals surface area (Å²) in [4.78, 5) is 4.35. The van der Waals surface area contributed by atoms with Crippen LogP contribution in [0.25, 0.3) is 0 Å². The van der Waals surface area contributed by atoms with Crippen LogP contribution in [0.4, 0.5) is 0 Å². The van der Waals surface area contributed by atoms with Crippen molar-refractivity contribution >= 4 is 0 Å². The lowest BCUT2D eigenvalue weighted by molar-refractivity contribution is 0.366. The van der Waals surface area contributed by atoms with E-state index in [9.17, 15) is 0 Å². The minimum absolute atomic E-state index is 0.441. The maximum absolute atomic E-state index is 4.35. The summed E-state index contributed by atoms with van der Waals surface area (Å²) in [5.41, 5.74) is 2.83. The molecule has 0 saturated carbocycles. The smallest absolute Gasteiger partial charge is 0.0948 e. The van der Waals surface area contributed by atoms with Gasteiger partial charge in [0.2, 0.25) is 0 Å². The highest BCUT2D eigenvalue weighted by Crippen LogP contribution is 2.35. The summed E-state index contributed by atoms with van der Waals surface area (Å²) in [5, 5.41) is 0.